The first kappa shape index (κ1) is 12.0. The molecule has 0 bridgehead atoms. The Morgan fingerprint density at radius 2 is 2.42 bits per heavy atom. The number of imidazole rings is 1. The second-order valence-corrected chi connectivity index (χ2v) is 5.01. The minimum Gasteiger partial charge on any atom is -0.472 e. The van der Waals surface area contributed by atoms with E-state index in [0.29, 0.717) is 11.5 Å². The van der Waals surface area contributed by atoms with Crippen molar-refractivity contribution in [2.45, 2.75) is 13.8 Å². The van der Waals surface area contributed by atoms with Crippen molar-refractivity contribution in [3.8, 4) is 11.3 Å². The van der Waals surface area contributed by atoms with E-state index in [0.717, 1.165) is 21.9 Å². The third kappa shape index (κ3) is 1.94. The quantitative estimate of drug-likeness (QED) is 0.690. The molecule has 0 saturated carbocycles. The van der Waals surface area contributed by atoms with Gasteiger partial charge in [-0.25, -0.2) is 9.78 Å². The van der Waals surface area contributed by atoms with E-state index in [1.807, 2.05) is 23.6 Å². The number of esters is 1. The Balaban J connectivity index is 2.05. The number of aromatic nitrogens is 2. The SMILES string of the molecule is CCOC(=O)c1sc2nc(-c3ccoc3)cn2c1C. The number of furan rings is 1. The summed E-state index contributed by atoms with van der Waals surface area (Å²) in [6, 6.07) is 1.86. The van der Waals surface area contributed by atoms with Gasteiger partial charge in [-0.15, -0.1) is 0 Å². The Bertz CT molecular complexity index is 725. The number of rotatable bonds is 3. The number of hydrogen-bond donors (Lipinski definition) is 0. The minimum absolute atomic E-state index is 0.291. The van der Waals surface area contributed by atoms with Gasteiger partial charge in [-0.3, -0.25) is 4.40 Å². The van der Waals surface area contributed by atoms with Gasteiger partial charge in [0.25, 0.3) is 0 Å². The monoisotopic (exact) mass is 276 g/mol. The molecule has 0 aliphatic heterocycles. The molecule has 0 aliphatic carbocycles. The third-order valence-corrected chi connectivity index (χ3v) is 3.97. The Kier molecular flexibility index (Phi) is 2.87. The lowest BCUT2D eigenvalue weighted by molar-refractivity contribution is 0.0531. The average molecular weight is 276 g/mol. The van der Waals surface area contributed by atoms with E-state index >= 15 is 0 Å². The molecular weight excluding hydrogens is 264 g/mol. The van der Waals surface area contributed by atoms with Crippen LogP contribution in [0.1, 0.15) is 22.3 Å². The van der Waals surface area contributed by atoms with Crippen molar-refractivity contribution >= 4 is 22.3 Å². The maximum Gasteiger partial charge on any atom is 0.350 e. The largest absolute Gasteiger partial charge is 0.472 e. The van der Waals surface area contributed by atoms with Crippen molar-refractivity contribution in [3.63, 3.8) is 0 Å². The van der Waals surface area contributed by atoms with Crippen LogP contribution in [0.5, 0.6) is 0 Å². The van der Waals surface area contributed by atoms with Crippen molar-refractivity contribution < 1.29 is 13.9 Å². The van der Waals surface area contributed by atoms with Crippen LogP contribution < -0.4 is 0 Å². The predicted octanol–water partition coefficient (Wildman–Crippen LogP) is 3.14. The molecule has 0 fully saturated rings. The molecule has 98 valence electrons. The van der Waals surface area contributed by atoms with Crippen LogP contribution in [0, 0.1) is 6.92 Å². The molecule has 3 aromatic heterocycles. The molecule has 5 nitrogen and oxygen atoms in total. The highest BCUT2D eigenvalue weighted by atomic mass is 32.1. The fraction of sp³-hybridized carbons (Fsp3) is 0.231. The Labute approximate surface area is 113 Å². The lowest BCUT2D eigenvalue weighted by atomic mass is 10.3. The zero-order chi connectivity index (χ0) is 13.4. The highest BCUT2D eigenvalue weighted by Crippen LogP contribution is 2.27. The Morgan fingerprint density at radius 1 is 1.58 bits per heavy atom. The highest BCUT2D eigenvalue weighted by Gasteiger charge is 2.18. The molecule has 19 heavy (non-hydrogen) atoms. The second kappa shape index (κ2) is 4.55. The van der Waals surface area contributed by atoms with Crippen molar-refractivity contribution in [2.75, 3.05) is 6.61 Å². The first-order chi connectivity index (χ1) is 9.20. The molecule has 0 N–H and O–H groups in total. The smallest absolute Gasteiger partial charge is 0.350 e. The lowest BCUT2D eigenvalue weighted by Gasteiger charge is -1.99. The summed E-state index contributed by atoms with van der Waals surface area (Å²) in [7, 11) is 0. The molecular formula is C13H12N2O3S. The van der Waals surface area contributed by atoms with E-state index in [1.165, 1.54) is 11.3 Å². The van der Waals surface area contributed by atoms with Gasteiger partial charge in [-0.1, -0.05) is 11.3 Å². The molecule has 6 heteroatoms. The first-order valence-electron chi connectivity index (χ1n) is 5.89. The zero-order valence-electron chi connectivity index (χ0n) is 10.5. The van der Waals surface area contributed by atoms with Gasteiger partial charge in [0.05, 0.1) is 24.8 Å². The van der Waals surface area contributed by atoms with Gasteiger partial charge in [-0.05, 0) is 19.9 Å². The van der Waals surface area contributed by atoms with Crippen molar-refractivity contribution in [1.82, 2.24) is 9.38 Å². The maximum atomic E-state index is 11.8. The summed E-state index contributed by atoms with van der Waals surface area (Å²) in [4.78, 5) is 17.6. The highest BCUT2D eigenvalue weighted by molar-refractivity contribution is 7.19. The Hall–Kier alpha value is -2.08. The van der Waals surface area contributed by atoms with Gasteiger partial charge < -0.3 is 9.15 Å². The average Bonchev–Trinajstić information content (AvgIpc) is 3.06. The van der Waals surface area contributed by atoms with Gasteiger partial charge in [0.1, 0.15) is 4.88 Å². The number of thiazole rings is 1. The van der Waals surface area contributed by atoms with Crippen LogP contribution in [0.2, 0.25) is 0 Å². The zero-order valence-corrected chi connectivity index (χ0v) is 11.4. The molecule has 0 amide bonds. The molecule has 0 atom stereocenters. The molecule has 0 spiro atoms. The number of carbonyl (C=O) groups excluding carboxylic acids is 1. The molecule has 3 aromatic rings. The fourth-order valence-electron chi connectivity index (χ4n) is 1.89. The molecule has 3 heterocycles. The molecule has 0 aromatic carbocycles. The number of ether oxygens (including phenoxy) is 1. The summed E-state index contributed by atoms with van der Waals surface area (Å²) in [5, 5.41) is 0. The van der Waals surface area contributed by atoms with Crippen LogP contribution in [0.15, 0.2) is 29.2 Å². The van der Waals surface area contributed by atoms with E-state index in [4.69, 9.17) is 9.15 Å². The van der Waals surface area contributed by atoms with E-state index in [9.17, 15) is 4.79 Å². The van der Waals surface area contributed by atoms with Crippen LogP contribution in [0.4, 0.5) is 0 Å². The van der Waals surface area contributed by atoms with Gasteiger partial charge >= 0.3 is 5.97 Å². The van der Waals surface area contributed by atoms with Crippen LogP contribution in [-0.2, 0) is 4.74 Å². The summed E-state index contributed by atoms with van der Waals surface area (Å²) < 4.78 is 12.0. The number of aryl methyl sites for hydroxylation is 1. The topological polar surface area (TPSA) is 56.7 Å². The summed E-state index contributed by atoms with van der Waals surface area (Å²) in [6.07, 6.45) is 5.16. The second-order valence-electron chi connectivity index (χ2n) is 4.03. The molecule has 3 rings (SSSR count). The van der Waals surface area contributed by atoms with Crippen molar-refractivity contribution in [1.29, 1.82) is 0 Å². The lowest BCUT2D eigenvalue weighted by Crippen LogP contribution is -2.04. The van der Waals surface area contributed by atoms with E-state index in [1.54, 1.807) is 19.5 Å². The summed E-state index contributed by atoms with van der Waals surface area (Å²) in [6.45, 7) is 4.05. The van der Waals surface area contributed by atoms with Crippen molar-refractivity contribution in [2.24, 2.45) is 0 Å². The number of fused-ring (bicyclic) bond motifs is 1. The van der Waals surface area contributed by atoms with Gasteiger partial charge in [-0.2, -0.15) is 0 Å². The first-order valence-corrected chi connectivity index (χ1v) is 6.70. The van der Waals surface area contributed by atoms with E-state index in [2.05, 4.69) is 4.98 Å². The number of nitrogens with zero attached hydrogens (tertiary/aromatic N) is 2. The molecule has 0 radical (unpaired) electrons. The standard InChI is InChI=1S/C13H12N2O3S/c1-3-18-12(16)11-8(2)15-6-10(14-13(15)19-11)9-4-5-17-7-9/h4-7H,3H2,1-2H3. The van der Waals surface area contributed by atoms with Crippen LogP contribution in [-0.4, -0.2) is 22.0 Å². The van der Waals surface area contributed by atoms with Crippen LogP contribution in [0.3, 0.4) is 0 Å². The van der Waals surface area contributed by atoms with E-state index in [-0.39, 0.29) is 5.97 Å². The van der Waals surface area contributed by atoms with Crippen LogP contribution in [0.25, 0.3) is 16.2 Å². The van der Waals surface area contributed by atoms with E-state index < -0.39 is 0 Å². The Morgan fingerprint density at radius 3 is 3.05 bits per heavy atom. The minimum atomic E-state index is -0.291. The molecule has 0 saturated heterocycles. The maximum absolute atomic E-state index is 11.8. The molecule has 0 aliphatic rings. The predicted molar refractivity (Wildman–Crippen MR) is 71.5 cm³/mol. The van der Waals surface area contributed by atoms with Gasteiger partial charge in [0.2, 0.25) is 0 Å². The molecule has 0 unspecified atom stereocenters. The summed E-state index contributed by atoms with van der Waals surface area (Å²) >= 11 is 1.34. The number of carbonyl (C=O) groups is 1. The third-order valence-electron chi connectivity index (χ3n) is 2.83. The van der Waals surface area contributed by atoms with Gasteiger partial charge in [0, 0.05) is 17.5 Å². The fourth-order valence-corrected chi connectivity index (χ4v) is 2.89. The van der Waals surface area contributed by atoms with Crippen molar-refractivity contribution in [3.05, 3.63) is 35.4 Å². The summed E-state index contributed by atoms with van der Waals surface area (Å²) in [5.74, 6) is -0.291. The van der Waals surface area contributed by atoms with Crippen LogP contribution >= 0.6 is 11.3 Å². The normalized spacial score (nSPS) is 11.1. The summed E-state index contributed by atoms with van der Waals surface area (Å²) in [5.41, 5.74) is 2.60. The number of hydrogen-bond acceptors (Lipinski definition) is 5. The van der Waals surface area contributed by atoms with Gasteiger partial charge in [0.15, 0.2) is 4.96 Å².